The summed E-state index contributed by atoms with van der Waals surface area (Å²) in [5.41, 5.74) is 2.58. The summed E-state index contributed by atoms with van der Waals surface area (Å²) in [6, 6.07) is 8.23. The van der Waals surface area contributed by atoms with Crippen LogP contribution in [0.4, 0.5) is 0 Å². The molecule has 0 saturated heterocycles. The average Bonchev–Trinajstić information content (AvgIpc) is 3.08. The zero-order valence-electron chi connectivity index (χ0n) is 14.6. The Balaban J connectivity index is 1.71. The maximum Gasteiger partial charge on any atom is 0.240 e. The van der Waals surface area contributed by atoms with Crippen LogP contribution in [0.25, 0.3) is 11.1 Å². The monoisotopic (exact) mass is 372 g/mol. The molecule has 0 bridgehead atoms. The molecular formula is C18H20N4O3S. The molecule has 0 spiro atoms. The molecule has 0 aliphatic rings. The molecular weight excluding hydrogens is 352 g/mol. The van der Waals surface area contributed by atoms with Crippen LogP contribution >= 0.6 is 0 Å². The number of hydrogen-bond acceptors (Lipinski definition) is 5. The van der Waals surface area contributed by atoms with E-state index in [1.54, 1.807) is 35.4 Å². The zero-order chi connectivity index (χ0) is 18.6. The van der Waals surface area contributed by atoms with Gasteiger partial charge in [0.25, 0.3) is 0 Å². The lowest BCUT2D eigenvalue weighted by Gasteiger charge is -2.09. The van der Waals surface area contributed by atoms with Gasteiger partial charge in [-0.1, -0.05) is 0 Å². The summed E-state index contributed by atoms with van der Waals surface area (Å²) >= 11 is 0. The molecule has 1 N–H and O–H groups in total. The van der Waals surface area contributed by atoms with E-state index in [4.69, 9.17) is 4.74 Å². The van der Waals surface area contributed by atoms with Crippen molar-refractivity contribution in [2.45, 2.75) is 18.4 Å². The van der Waals surface area contributed by atoms with Gasteiger partial charge in [-0.2, -0.15) is 5.10 Å². The Labute approximate surface area is 152 Å². The molecule has 7 nitrogen and oxygen atoms in total. The van der Waals surface area contributed by atoms with Crippen LogP contribution in [0.15, 0.2) is 60.0 Å². The van der Waals surface area contributed by atoms with Crippen LogP contribution in [-0.4, -0.2) is 29.8 Å². The van der Waals surface area contributed by atoms with Gasteiger partial charge in [-0.25, -0.2) is 13.1 Å². The van der Waals surface area contributed by atoms with Gasteiger partial charge in [0, 0.05) is 43.3 Å². The lowest BCUT2D eigenvalue weighted by atomic mass is 10.1. The molecule has 1 aromatic carbocycles. The molecule has 2 aromatic heterocycles. The first-order chi connectivity index (χ1) is 12.5. The molecule has 0 radical (unpaired) electrons. The summed E-state index contributed by atoms with van der Waals surface area (Å²) in [5.74, 6) is 0.639. The first-order valence-corrected chi connectivity index (χ1v) is 9.62. The smallest absolute Gasteiger partial charge is 0.240 e. The van der Waals surface area contributed by atoms with Gasteiger partial charge in [0.05, 0.1) is 17.7 Å². The first-order valence-electron chi connectivity index (χ1n) is 8.13. The Morgan fingerprint density at radius 2 is 1.88 bits per heavy atom. The van der Waals surface area contributed by atoms with Crippen LogP contribution in [0.1, 0.15) is 12.5 Å². The van der Waals surface area contributed by atoms with E-state index in [2.05, 4.69) is 14.8 Å². The highest BCUT2D eigenvalue weighted by Gasteiger charge is 2.14. The summed E-state index contributed by atoms with van der Waals surface area (Å²) in [4.78, 5) is 4.38. The van der Waals surface area contributed by atoms with Crippen LogP contribution in [0.3, 0.4) is 0 Å². The molecule has 0 unspecified atom stereocenters. The number of sulfonamides is 1. The fourth-order valence-corrected chi connectivity index (χ4v) is 3.47. The number of aryl methyl sites for hydroxylation is 1. The second-order valence-electron chi connectivity index (χ2n) is 5.71. The van der Waals surface area contributed by atoms with E-state index in [0.29, 0.717) is 12.4 Å². The van der Waals surface area contributed by atoms with E-state index < -0.39 is 10.0 Å². The number of ether oxygens (including phenoxy) is 1. The van der Waals surface area contributed by atoms with Gasteiger partial charge in [0.2, 0.25) is 10.0 Å². The number of nitrogens with one attached hydrogen (secondary N) is 1. The van der Waals surface area contributed by atoms with Crippen molar-refractivity contribution in [1.82, 2.24) is 19.5 Å². The third-order valence-corrected chi connectivity index (χ3v) is 5.16. The van der Waals surface area contributed by atoms with Gasteiger partial charge in [0.1, 0.15) is 5.75 Å². The molecule has 2 heterocycles. The highest BCUT2D eigenvalue weighted by Crippen LogP contribution is 2.19. The maximum atomic E-state index is 12.4. The van der Waals surface area contributed by atoms with Crippen molar-refractivity contribution in [1.29, 1.82) is 0 Å². The zero-order valence-corrected chi connectivity index (χ0v) is 15.4. The summed E-state index contributed by atoms with van der Waals surface area (Å²) in [6.45, 7) is 2.56. The Hall–Kier alpha value is -2.71. The Bertz CT molecular complexity index is 982. The molecule has 26 heavy (non-hydrogen) atoms. The van der Waals surface area contributed by atoms with Gasteiger partial charge in [-0.3, -0.25) is 9.67 Å². The SMILES string of the molecule is CCOc1ccc(S(=O)(=O)NCc2cncc(-c3cnn(C)c3)c2)cc1. The van der Waals surface area contributed by atoms with Gasteiger partial charge >= 0.3 is 0 Å². The van der Waals surface area contributed by atoms with Crippen molar-refractivity contribution in [3.05, 3.63) is 60.7 Å². The molecule has 0 fully saturated rings. The molecule has 8 heteroatoms. The second kappa shape index (κ2) is 7.67. The van der Waals surface area contributed by atoms with Crippen LogP contribution in [-0.2, 0) is 23.6 Å². The molecule has 0 amide bonds. The van der Waals surface area contributed by atoms with Crippen molar-refractivity contribution in [3.8, 4) is 16.9 Å². The minimum absolute atomic E-state index is 0.149. The van der Waals surface area contributed by atoms with E-state index in [1.165, 1.54) is 12.1 Å². The topological polar surface area (TPSA) is 86.1 Å². The summed E-state index contributed by atoms with van der Waals surface area (Å²) in [7, 11) is -1.77. The Kier molecular flexibility index (Phi) is 5.34. The fraction of sp³-hybridized carbons (Fsp3) is 0.222. The predicted octanol–water partition coefficient (Wildman–Crippen LogP) is 2.36. The summed E-state index contributed by atoms with van der Waals surface area (Å²) in [6.07, 6.45) is 6.98. The largest absolute Gasteiger partial charge is 0.494 e. The van der Waals surface area contributed by atoms with E-state index >= 15 is 0 Å². The first kappa shape index (κ1) is 18.1. The molecule has 136 valence electrons. The maximum absolute atomic E-state index is 12.4. The van der Waals surface area contributed by atoms with Crippen LogP contribution in [0, 0.1) is 0 Å². The summed E-state index contributed by atoms with van der Waals surface area (Å²) < 4.78 is 34.5. The van der Waals surface area contributed by atoms with E-state index in [0.717, 1.165) is 16.7 Å². The quantitative estimate of drug-likeness (QED) is 0.688. The van der Waals surface area contributed by atoms with Gasteiger partial charge in [-0.15, -0.1) is 0 Å². The summed E-state index contributed by atoms with van der Waals surface area (Å²) in [5, 5.41) is 4.13. The van der Waals surface area contributed by atoms with E-state index in [9.17, 15) is 8.42 Å². The molecule has 0 atom stereocenters. The third kappa shape index (κ3) is 4.27. The Morgan fingerprint density at radius 1 is 1.12 bits per heavy atom. The van der Waals surface area contributed by atoms with Crippen molar-refractivity contribution < 1.29 is 13.2 Å². The third-order valence-electron chi connectivity index (χ3n) is 3.74. The standard InChI is InChI=1S/C18H20N4O3S/c1-3-25-17-4-6-18(7-5-17)26(23,24)21-10-14-8-15(11-19-9-14)16-12-20-22(2)13-16/h4-9,11-13,21H,3,10H2,1-2H3. The van der Waals surface area contributed by atoms with Gasteiger partial charge in [-0.05, 0) is 42.8 Å². The number of pyridine rings is 1. The normalized spacial score (nSPS) is 11.5. The second-order valence-corrected chi connectivity index (χ2v) is 7.48. The molecule has 0 saturated carbocycles. The highest BCUT2D eigenvalue weighted by molar-refractivity contribution is 7.89. The number of nitrogens with zero attached hydrogens (tertiary/aromatic N) is 3. The van der Waals surface area contributed by atoms with Gasteiger partial charge < -0.3 is 4.74 Å². The Morgan fingerprint density at radius 3 is 2.54 bits per heavy atom. The van der Waals surface area contributed by atoms with Crippen molar-refractivity contribution >= 4 is 10.0 Å². The minimum atomic E-state index is -3.61. The molecule has 0 aliphatic carbocycles. The number of hydrogen-bond donors (Lipinski definition) is 1. The predicted molar refractivity (Wildman–Crippen MR) is 98.1 cm³/mol. The molecule has 3 aromatic rings. The minimum Gasteiger partial charge on any atom is -0.494 e. The van der Waals surface area contributed by atoms with Crippen molar-refractivity contribution in [2.75, 3.05) is 6.61 Å². The number of benzene rings is 1. The van der Waals surface area contributed by atoms with Crippen molar-refractivity contribution in [3.63, 3.8) is 0 Å². The molecule has 3 rings (SSSR count). The van der Waals surface area contributed by atoms with Crippen LogP contribution in [0.2, 0.25) is 0 Å². The fourth-order valence-electron chi connectivity index (χ4n) is 2.46. The number of aromatic nitrogens is 3. The van der Waals surface area contributed by atoms with Crippen LogP contribution < -0.4 is 9.46 Å². The lowest BCUT2D eigenvalue weighted by molar-refractivity contribution is 0.340. The number of rotatable bonds is 7. The van der Waals surface area contributed by atoms with Crippen molar-refractivity contribution in [2.24, 2.45) is 7.05 Å². The molecule has 0 aliphatic heterocycles. The lowest BCUT2D eigenvalue weighted by Crippen LogP contribution is -2.23. The van der Waals surface area contributed by atoms with E-state index in [-0.39, 0.29) is 11.4 Å². The van der Waals surface area contributed by atoms with Gasteiger partial charge in [0.15, 0.2) is 0 Å². The van der Waals surface area contributed by atoms with Crippen LogP contribution in [0.5, 0.6) is 5.75 Å². The van der Waals surface area contributed by atoms with E-state index in [1.807, 2.05) is 26.2 Å². The highest BCUT2D eigenvalue weighted by atomic mass is 32.2. The average molecular weight is 372 g/mol.